The van der Waals surface area contributed by atoms with Crippen molar-refractivity contribution in [3.8, 4) is 0 Å². The third kappa shape index (κ3) is 3.57. The van der Waals surface area contributed by atoms with Crippen molar-refractivity contribution < 1.29 is 9.18 Å². The van der Waals surface area contributed by atoms with Crippen molar-refractivity contribution in [3.05, 3.63) is 50.4 Å². The maximum absolute atomic E-state index is 13.0. The number of carbonyl (C=O) groups excluding carboxylic acids is 1. The number of carbonyl (C=O) groups is 1. The first-order valence-corrected chi connectivity index (χ1v) is 7.07. The Morgan fingerprint density at radius 1 is 1.35 bits per heavy atom. The van der Waals surface area contributed by atoms with E-state index in [4.69, 9.17) is 11.6 Å². The molecule has 0 bridgehead atoms. The highest BCUT2D eigenvalue weighted by atomic mass is 127. The van der Waals surface area contributed by atoms with Crippen LogP contribution in [0, 0.1) is 9.39 Å². The summed E-state index contributed by atoms with van der Waals surface area (Å²) in [6.07, 6.45) is 0. The van der Waals surface area contributed by atoms with Crippen LogP contribution in [0.3, 0.4) is 0 Å². The molecule has 2 aromatic rings. The van der Waals surface area contributed by atoms with Crippen LogP contribution < -0.4 is 10.6 Å². The summed E-state index contributed by atoms with van der Waals surface area (Å²) >= 11 is 7.80. The maximum Gasteiger partial charge on any atom is 0.255 e. The zero-order valence-corrected chi connectivity index (χ0v) is 13.3. The second-order valence-electron chi connectivity index (χ2n) is 3.89. The highest BCUT2D eigenvalue weighted by Crippen LogP contribution is 2.21. The number of hydrogen-bond donors (Lipinski definition) is 2. The van der Waals surface area contributed by atoms with Crippen molar-refractivity contribution in [3.63, 3.8) is 0 Å². The topological polar surface area (TPSA) is 54.0 Å². The standard InChI is InChI=1S/C13H10ClFIN3O/c1-17-12-5-7(4-11(14)19-12)13(20)18-10-3-2-8(15)6-9(10)16/h2-6H,1H3,(H,17,19)(H,18,20). The SMILES string of the molecule is CNc1cc(C(=O)Nc2ccc(F)cc2I)cc(Cl)n1. The minimum absolute atomic E-state index is 0.218. The average Bonchev–Trinajstić information content (AvgIpc) is 2.41. The lowest BCUT2D eigenvalue weighted by Crippen LogP contribution is -2.13. The summed E-state index contributed by atoms with van der Waals surface area (Å²) in [7, 11) is 1.68. The van der Waals surface area contributed by atoms with E-state index >= 15 is 0 Å². The monoisotopic (exact) mass is 405 g/mol. The largest absolute Gasteiger partial charge is 0.373 e. The van der Waals surface area contributed by atoms with E-state index in [-0.39, 0.29) is 16.9 Å². The van der Waals surface area contributed by atoms with E-state index in [1.54, 1.807) is 13.1 Å². The molecule has 0 aliphatic rings. The van der Waals surface area contributed by atoms with Gasteiger partial charge in [0.2, 0.25) is 0 Å². The first-order valence-electron chi connectivity index (χ1n) is 5.61. The fourth-order valence-electron chi connectivity index (χ4n) is 1.54. The van der Waals surface area contributed by atoms with E-state index in [9.17, 15) is 9.18 Å². The number of halogens is 3. The lowest BCUT2D eigenvalue weighted by Gasteiger charge is -2.09. The van der Waals surface area contributed by atoms with Gasteiger partial charge in [0.15, 0.2) is 0 Å². The molecule has 4 nitrogen and oxygen atoms in total. The normalized spacial score (nSPS) is 10.2. The van der Waals surface area contributed by atoms with Gasteiger partial charge in [-0.3, -0.25) is 4.79 Å². The average molecular weight is 406 g/mol. The van der Waals surface area contributed by atoms with Crippen LogP contribution in [0.1, 0.15) is 10.4 Å². The highest BCUT2D eigenvalue weighted by Gasteiger charge is 2.11. The molecule has 0 atom stereocenters. The Balaban J connectivity index is 2.26. The number of anilines is 2. The van der Waals surface area contributed by atoms with Crippen molar-refractivity contribution in [2.75, 3.05) is 17.7 Å². The Labute approximate surface area is 133 Å². The van der Waals surface area contributed by atoms with Crippen molar-refractivity contribution in [1.82, 2.24) is 4.98 Å². The van der Waals surface area contributed by atoms with Gasteiger partial charge in [-0.25, -0.2) is 9.37 Å². The summed E-state index contributed by atoms with van der Waals surface area (Å²) in [5.41, 5.74) is 0.908. The van der Waals surface area contributed by atoms with Crippen LogP contribution >= 0.6 is 34.2 Å². The number of nitrogens with zero attached hydrogens (tertiary/aromatic N) is 1. The predicted octanol–water partition coefficient (Wildman–Crippen LogP) is 3.77. The third-order valence-corrected chi connectivity index (χ3v) is 3.58. The number of nitrogens with one attached hydrogen (secondary N) is 2. The number of hydrogen-bond acceptors (Lipinski definition) is 3. The van der Waals surface area contributed by atoms with Crippen molar-refractivity contribution in [1.29, 1.82) is 0 Å². The van der Waals surface area contributed by atoms with Gasteiger partial charge in [-0.15, -0.1) is 0 Å². The summed E-state index contributed by atoms with van der Waals surface area (Å²) in [6, 6.07) is 7.19. The maximum atomic E-state index is 13.0. The summed E-state index contributed by atoms with van der Waals surface area (Å²) < 4.78 is 13.6. The zero-order chi connectivity index (χ0) is 14.7. The molecule has 20 heavy (non-hydrogen) atoms. The van der Waals surface area contributed by atoms with Gasteiger partial charge in [-0.05, 0) is 52.9 Å². The molecule has 2 N–H and O–H groups in total. The molecule has 0 unspecified atom stereocenters. The van der Waals surface area contributed by atoms with Gasteiger partial charge in [0.1, 0.15) is 16.8 Å². The quantitative estimate of drug-likeness (QED) is 0.604. The summed E-state index contributed by atoms with van der Waals surface area (Å²) in [5.74, 6) is -0.191. The lowest BCUT2D eigenvalue weighted by molar-refractivity contribution is 0.102. The predicted molar refractivity (Wildman–Crippen MR) is 85.9 cm³/mol. The van der Waals surface area contributed by atoms with E-state index in [0.717, 1.165) is 0 Å². The minimum atomic E-state index is -0.350. The van der Waals surface area contributed by atoms with Crippen molar-refractivity contribution in [2.45, 2.75) is 0 Å². The Morgan fingerprint density at radius 3 is 2.75 bits per heavy atom. The van der Waals surface area contributed by atoms with E-state index < -0.39 is 0 Å². The fourth-order valence-corrected chi connectivity index (χ4v) is 2.36. The van der Waals surface area contributed by atoms with Crippen LogP contribution in [0.25, 0.3) is 0 Å². The van der Waals surface area contributed by atoms with Crippen LogP contribution in [0.5, 0.6) is 0 Å². The molecule has 1 aromatic heterocycles. The molecule has 104 valence electrons. The van der Waals surface area contributed by atoms with Crippen LogP contribution in [0.4, 0.5) is 15.9 Å². The van der Waals surface area contributed by atoms with Crippen LogP contribution in [-0.2, 0) is 0 Å². The second-order valence-corrected chi connectivity index (χ2v) is 5.44. The lowest BCUT2D eigenvalue weighted by atomic mass is 10.2. The van der Waals surface area contributed by atoms with Crippen LogP contribution in [0.15, 0.2) is 30.3 Å². The second kappa shape index (κ2) is 6.36. The van der Waals surface area contributed by atoms with Crippen molar-refractivity contribution in [2.24, 2.45) is 0 Å². The minimum Gasteiger partial charge on any atom is -0.373 e. The summed E-state index contributed by atoms with van der Waals surface area (Å²) in [5, 5.41) is 5.74. The third-order valence-electron chi connectivity index (χ3n) is 2.49. The Kier molecular flexibility index (Phi) is 4.77. The molecule has 0 spiro atoms. The molecule has 1 amide bonds. The molecule has 1 heterocycles. The van der Waals surface area contributed by atoms with E-state index in [2.05, 4.69) is 15.6 Å². The molecule has 7 heteroatoms. The Bertz CT molecular complexity index is 666. The van der Waals surface area contributed by atoms with Gasteiger partial charge in [0, 0.05) is 16.2 Å². The van der Waals surface area contributed by atoms with Crippen molar-refractivity contribution >= 4 is 51.6 Å². The first kappa shape index (κ1) is 15.0. The molecule has 0 saturated carbocycles. The smallest absolute Gasteiger partial charge is 0.255 e. The summed E-state index contributed by atoms with van der Waals surface area (Å²) in [4.78, 5) is 16.1. The molecule has 0 radical (unpaired) electrons. The molecule has 0 saturated heterocycles. The number of amides is 1. The molecule has 0 aliphatic carbocycles. The first-order chi connectivity index (χ1) is 9.49. The highest BCUT2D eigenvalue weighted by molar-refractivity contribution is 14.1. The number of pyridine rings is 1. The molecule has 1 aromatic carbocycles. The van der Waals surface area contributed by atoms with Gasteiger partial charge in [0.25, 0.3) is 5.91 Å². The fraction of sp³-hybridized carbons (Fsp3) is 0.0769. The van der Waals surface area contributed by atoms with Gasteiger partial charge < -0.3 is 10.6 Å². The van der Waals surface area contributed by atoms with Gasteiger partial charge in [-0.1, -0.05) is 11.6 Å². The van der Waals surface area contributed by atoms with Gasteiger partial charge >= 0.3 is 0 Å². The van der Waals surface area contributed by atoms with Gasteiger partial charge in [-0.2, -0.15) is 0 Å². The number of aromatic nitrogens is 1. The molecular formula is C13H10ClFIN3O. The van der Waals surface area contributed by atoms with Gasteiger partial charge in [0.05, 0.1) is 5.69 Å². The summed E-state index contributed by atoms with van der Waals surface area (Å²) in [6.45, 7) is 0. The van der Waals surface area contributed by atoms with Crippen LogP contribution in [-0.4, -0.2) is 17.9 Å². The molecular weight excluding hydrogens is 396 g/mol. The number of benzene rings is 1. The molecule has 0 aliphatic heterocycles. The zero-order valence-electron chi connectivity index (χ0n) is 10.4. The van der Waals surface area contributed by atoms with E-state index in [1.807, 2.05) is 22.6 Å². The van der Waals surface area contributed by atoms with E-state index in [1.165, 1.54) is 24.3 Å². The number of rotatable bonds is 3. The molecule has 2 rings (SSSR count). The Hall–Kier alpha value is -1.41. The van der Waals surface area contributed by atoms with Crippen LogP contribution in [0.2, 0.25) is 5.15 Å². The Morgan fingerprint density at radius 2 is 2.10 bits per heavy atom. The van der Waals surface area contributed by atoms with E-state index in [0.29, 0.717) is 20.6 Å². The molecule has 0 fully saturated rings.